The molecule has 0 fully saturated rings. The van der Waals surface area contributed by atoms with E-state index in [1.807, 2.05) is 14.1 Å². The summed E-state index contributed by atoms with van der Waals surface area (Å²) in [7, 11) is 3.99. The molecule has 0 saturated heterocycles. The molecule has 0 aromatic heterocycles. The Morgan fingerprint density at radius 2 is 1.75 bits per heavy atom. The lowest BCUT2D eigenvalue weighted by Crippen LogP contribution is -2.44. The van der Waals surface area contributed by atoms with Gasteiger partial charge >= 0.3 is 0 Å². The molecule has 0 aliphatic rings. The fraction of sp³-hybridized carbons (Fsp3) is 0.923. The van der Waals surface area contributed by atoms with Gasteiger partial charge in [-0.05, 0) is 26.9 Å². The van der Waals surface area contributed by atoms with E-state index in [0.29, 0.717) is 6.42 Å². The van der Waals surface area contributed by atoms with Crippen LogP contribution < -0.4 is 5.32 Å². The van der Waals surface area contributed by atoms with Gasteiger partial charge in [0.05, 0.1) is 6.17 Å². The largest absolute Gasteiger partial charge is 0.341 e. The third-order valence-electron chi connectivity index (χ3n) is 2.85. The Hall–Kier alpha value is -0.570. The molecule has 3 heteroatoms. The van der Waals surface area contributed by atoms with Crippen molar-refractivity contribution in [1.29, 1.82) is 0 Å². The monoisotopic (exact) mass is 228 g/mol. The zero-order valence-electron chi connectivity index (χ0n) is 11.4. The van der Waals surface area contributed by atoms with E-state index in [1.54, 1.807) is 0 Å². The van der Waals surface area contributed by atoms with Crippen LogP contribution in [0.3, 0.4) is 0 Å². The Balaban J connectivity index is 3.57. The first kappa shape index (κ1) is 15.4. The summed E-state index contributed by atoms with van der Waals surface area (Å²) in [4.78, 5) is 13.7. The van der Waals surface area contributed by atoms with Crippen molar-refractivity contribution in [3.05, 3.63) is 0 Å². The Kier molecular flexibility index (Phi) is 9.30. The molecular formula is C13H28N2O. The summed E-state index contributed by atoms with van der Waals surface area (Å²) >= 11 is 0. The number of nitrogens with zero attached hydrogens (tertiary/aromatic N) is 1. The topological polar surface area (TPSA) is 32.3 Å². The van der Waals surface area contributed by atoms with Gasteiger partial charge in [-0.25, -0.2) is 0 Å². The Morgan fingerprint density at radius 1 is 1.12 bits per heavy atom. The summed E-state index contributed by atoms with van der Waals surface area (Å²) in [5.74, 6) is 0.192. The quantitative estimate of drug-likeness (QED) is 0.486. The van der Waals surface area contributed by atoms with Crippen LogP contribution in [-0.2, 0) is 4.79 Å². The van der Waals surface area contributed by atoms with E-state index in [-0.39, 0.29) is 12.1 Å². The summed E-state index contributed by atoms with van der Waals surface area (Å²) in [6, 6.07) is 0. The smallest absolute Gasteiger partial charge is 0.221 e. The molecule has 96 valence electrons. The maximum absolute atomic E-state index is 11.6. The summed E-state index contributed by atoms with van der Waals surface area (Å²) < 4.78 is 0. The number of hydrogen-bond acceptors (Lipinski definition) is 2. The van der Waals surface area contributed by atoms with Gasteiger partial charge < -0.3 is 5.32 Å². The predicted octanol–water partition coefficient (Wildman–Crippen LogP) is 2.76. The molecule has 0 bridgehead atoms. The van der Waals surface area contributed by atoms with E-state index in [1.165, 1.54) is 25.7 Å². The van der Waals surface area contributed by atoms with E-state index < -0.39 is 0 Å². The number of nitrogens with one attached hydrogen (secondary N) is 1. The second-order valence-corrected chi connectivity index (χ2v) is 4.62. The van der Waals surface area contributed by atoms with Crippen molar-refractivity contribution in [3.63, 3.8) is 0 Å². The Labute approximate surface area is 101 Å². The second-order valence-electron chi connectivity index (χ2n) is 4.62. The molecule has 1 atom stereocenters. The first-order valence-corrected chi connectivity index (χ1v) is 6.57. The maximum Gasteiger partial charge on any atom is 0.221 e. The number of hydrogen-bond donors (Lipinski definition) is 1. The van der Waals surface area contributed by atoms with Gasteiger partial charge in [-0.15, -0.1) is 0 Å². The number of carbonyl (C=O) groups is 1. The Morgan fingerprint density at radius 3 is 2.25 bits per heavy atom. The van der Waals surface area contributed by atoms with E-state index in [4.69, 9.17) is 0 Å². The minimum absolute atomic E-state index is 0.183. The van der Waals surface area contributed by atoms with E-state index in [9.17, 15) is 4.79 Å². The number of unbranched alkanes of at least 4 members (excludes halogenated alkanes) is 4. The van der Waals surface area contributed by atoms with Gasteiger partial charge in [-0.2, -0.15) is 0 Å². The first-order valence-electron chi connectivity index (χ1n) is 6.57. The lowest BCUT2D eigenvalue weighted by Gasteiger charge is -2.23. The van der Waals surface area contributed by atoms with E-state index in [2.05, 4.69) is 24.1 Å². The van der Waals surface area contributed by atoms with Crippen molar-refractivity contribution in [2.24, 2.45) is 0 Å². The molecule has 1 N–H and O–H groups in total. The average Bonchev–Trinajstić information content (AvgIpc) is 2.25. The standard InChI is InChI=1S/C13H28N2O/c1-5-7-8-9-10-11-13(16)14-12(6-2)15(3)4/h12H,5-11H2,1-4H3,(H,14,16). The van der Waals surface area contributed by atoms with Crippen LogP contribution in [0.25, 0.3) is 0 Å². The van der Waals surface area contributed by atoms with Crippen molar-refractivity contribution in [3.8, 4) is 0 Å². The van der Waals surface area contributed by atoms with Crippen LogP contribution in [0.15, 0.2) is 0 Å². The highest BCUT2D eigenvalue weighted by atomic mass is 16.1. The van der Waals surface area contributed by atoms with Crippen molar-refractivity contribution >= 4 is 5.91 Å². The van der Waals surface area contributed by atoms with Gasteiger partial charge in [-0.3, -0.25) is 9.69 Å². The Bertz CT molecular complexity index is 181. The molecule has 0 aliphatic heterocycles. The molecule has 0 aromatic rings. The molecule has 0 rings (SSSR count). The minimum atomic E-state index is 0.183. The van der Waals surface area contributed by atoms with Crippen LogP contribution >= 0.6 is 0 Å². The molecule has 0 spiro atoms. The van der Waals surface area contributed by atoms with E-state index in [0.717, 1.165) is 12.8 Å². The zero-order valence-corrected chi connectivity index (χ0v) is 11.4. The molecule has 16 heavy (non-hydrogen) atoms. The van der Waals surface area contributed by atoms with Gasteiger partial charge in [0.1, 0.15) is 0 Å². The molecule has 1 unspecified atom stereocenters. The fourth-order valence-electron chi connectivity index (χ4n) is 1.74. The zero-order chi connectivity index (χ0) is 12.4. The average molecular weight is 228 g/mol. The van der Waals surface area contributed by atoms with Gasteiger partial charge in [-0.1, -0.05) is 39.5 Å². The normalized spacial score (nSPS) is 12.8. The second kappa shape index (κ2) is 9.64. The van der Waals surface area contributed by atoms with Gasteiger partial charge in [0.2, 0.25) is 5.91 Å². The number of rotatable bonds is 9. The molecule has 0 heterocycles. The lowest BCUT2D eigenvalue weighted by molar-refractivity contribution is -0.123. The molecule has 1 amide bonds. The molecule has 0 aromatic carbocycles. The highest BCUT2D eigenvalue weighted by molar-refractivity contribution is 5.76. The molecular weight excluding hydrogens is 200 g/mol. The van der Waals surface area contributed by atoms with Crippen LogP contribution in [-0.4, -0.2) is 31.1 Å². The van der Waals surface area contributed by atoms with Crippen LogP contribution in [0.5, 0.6) is 0 Å². The third kappa shape index (κ3) is 7.69. The molecule has 0 aliphatic carbocycles. The predicted molar refractivity (Wildman–Crippen MR) is 69.3 cm³/mol. The first-order chi connectivity index (χ1) is 7.61. The molecule has 0 radical (unpaired) electrons. The number of amides is 1. The van der Waals surface area contributed by atoms with Gasteiger partial charge in [0, 0.05) is 6.42 Å². The summed E-state index contributed by atoms with van der Waals surface area (Å²) in [5.41, 5.74) is 0. The summed E-state index contributed by atoms with van der Waals surface area (Å²) in [5, 5.41) is 3.04. The van der Waals surface area contributed by atoms with Crippen LogP contribution in [0.1, 0.15) is 58.8 Å². The van der Waals surface area contributed by atoms with Crippen molar-refractivity contribution in [2.45, 2.75) is 65.0 Å². The minimum Gasteiger partial charge on any atom is -0.341 e. The van der Waals surface area contributed by atoms with Crippen molar-refractivity contribution in [1.82, 2.24) is 10.2 Å². The van der Waals surface area contributed by atoms with Crippen LogP contribution in [0.2, 0.25) is 0 Å². The molecule has 3 nitrogen and oxygen atoms in total. The molecule has 0 saturated carbocycles. The van der Waals surface area contributed by atoms with Crippen molar-refractivity contribution < 1.29 is 4.79 Å². The van der Waals surface area contributed by atoms with Gasteiger partial charge in [0.25, 0.3) is 0 Å². The maximum atomic E-state index is 11.6. The lowest BCUT2D eigenvalue weighted by atomic mass is 10.1. The van der Waals surface area contributed by atoms with Crippen LogP contribution in [0, 0.1) is 0 Å². The van der Waals surface area contributed by atoms with Crippen molar-refractivity contribution in [2.75, 3.05) is 14.1 Å². The van der Waals surface area contributed by atoms with Gasteiger partial charge in [0.15, 0.2) is 0 Å². The third-order valence-corrected chi connectivity index (χ3v) is 2.85. The SMILES string of the molecule is CCCCCCCC(=O)NC(CC)N(C)C. The fourth-order valence-corrected chi connectivity index (χ4v) is 1.74. The van der Waals surface area contributed by atoms with Crippen LogP contribution in [0.4, 0.5) is 0 Å². The number of carbonyl (C=O) groups excluding carboxylic acids is 1. The highest BCUT2D eigenvalue weighted by Crippen LogP contribution is 2.05. The summed E-state index contributed by atoms with van der Waals surface area (Å²) in [6.45, 7) is 4.29. The van der Waals surface area contributed by atoms with E-state index >= 15 is 0 Å². The highest BCUT2D eigenvalue weighted by Gasteiger charge is 2.11. The summed E-state index contributed by atoms with van der Waals surface area (Å²) in [6.07, 6.45) is 7.82.